The van der Waals surface area contributed by atoms with Gasteiger partial charge in [0.2, 0.25) is 0 Å². The Labute approximate surface area is 127 Å². The van der Waals surface area contributed by atoms with Gasteiger partial charge in [0.15, 0.2) is 0 Å². The maximum Gasteiger partial charge on any atom is 0.122 e. The van der Waals surface area contributed by atoms with E-state index in [0.717, 1.165) is 18.6 Å². The molecule has 0 saturated carbocycles. The van der Waals surface area contributed by atoms with Crippen molar-refractivity contribution in [1.29, 1.82) is 0 Å². The third-order valence-electron chi connectivity index (χ3n) is 4.05. The molecule has 0 aromatic heterocycles. The summed E-state index contributed by atoms with van der Waals surface area (Å²) in [6, 6.07) is 14.9. The zero-order valence-corrected chi connectivity index (χ0v) is 13.2. The zero-order chi connectivity index (χ0) is 15.2. The Balaban J connectivity index is 2.16. The molecule has 0 amide bonds. The molecule has 0 bridgehead atoms. The second-order valence-corrected chi connectivity index (χ2v) is 5.75. The van der Waals surface area contributed by atoms with Crippen molar-refractivity contribution in [1.82, 2.24) is 0 Å². The predicted octanol–water partition coefficient (Wildman–Crippen LogP) is 3.67. The van der Waals surface area contributed by atoms with Crippen LogP contribution in [0.2, 0.25) is 0 Å². The van der Waals surface area contributed by atoms with Gasteiger partial charge in [0, 0.05) is 0 Å². The molecule has 0 aliphatic rings. The van der Waals surface area contributed by atoms with E-state index in [0.29, 0.717) is 12.5 Å². The highest BCUT2D eigenvalue weighted by atomic mass is 16.5. The van der Waals surface area contributed by atoms with Crippen LogP contribution in [0.1, 0.15) is 22.3 Å². The molecular weight excluding hydrogens is 258 g/mol. The molecule has 0 aliphatic heterocycles. The van der Waals surface area contributed by atoms with Gasteiger partial charge < -0.3 is 10.5 Å². The molecule has 1 unspecified atom stereocenters. The van der Waals surface area contributed by atoms with Crippen molar-refractivity contribution in [2.75, 3.05) is 13.7 Å². The lowest BCUT2D eigenvalue weighted by atomic mass is 9.90. The van der Waals surface area contributed by atoms with Crippen molar-refractivity contribution in [3.8, 4) is 5.75 Å². The van der Waals surface area contributed by atoms with Crippen LogP contribution in [0.25, 0.3) is 0 Å². The number of rotatable bonds is 6. The average Bonchev–Trinajstić information content (AvgIpc) is 2.49. The van der Waals surface area contributed by atoms with Gasteiger partial charge in [-0.05, 0) is 61.9 Å². The fourth-order valence-corrected chi connectivity index (χ4v) is 2.77. The van der Waals surface area contributed by atoms with Crippen LogP contribution in [0.15, 0.2) is 42.5 Å². The first-order chi connectivity index (χ1) is 10.1. The predicted molar refractivity (Wildman–Crippen MR) is 88.9 cm³/mol. The van der Waals surface area contributed by atoms with E-state index in [1.807, 2.05) is 6.07 Å². The lowest BCUT2D eigenvalue weighted by Gasteiger charge is -2.18. The topological polar surface area (TPSA) is 35.2 Å². The first-order valence-electron chi connectivity index (χ1n) is 7.52. The van der Waals surface area contributed by atoms with Crippen LogP contribution >= 0.6 is 0 Å². The lowest BCUT2D eigenvalue weighted by Crippen LogP contribution is -2.20. The number of benzene rings is 2. The Bertz CT molecular complexity index is 592. The quantitative estimate of drug-likeness (QED) is 0.878. The van der Waals surface area contributed by atoms with Crippen molar-refractivity contribution in [3.63, 3.8) is 0 Å². The molecule has 0 spiro atoms. The van der Waals surface area contributed by atoms with Crippen molar-refractivity contribution >= 4 is 0 Å². The molecule has 0 fully saturated rings. The van der Waals surface area contributed by atoms with Crippen LogP contribution in [0.4, 0.5) is 0 Å². The molecule has 1 atom stereocenters. The van der Waals surface area contributed by atoms with Gasteiger partial charge in [-0.25, -0.2) is 0 Å². The molecule has 0 aliphatic carbocycles. The Kier molecular flexibility index (Phi) is 5.40. The van der Waals surface area contributed by atoms with Crippen LogP contribution in [0.5, 0.6) is 5.75 Å². The van der Waals surface area contributed by atoms with E-state index in [-0.39, 0.29) is 0 Å². The summed E-state index contributed by atoms with van der Waals surface area (Å²) in [5, 5.41) is 0. The molecule has 21 heavy (non-hydrogen) atoms. The summed E-state index contributed by atoms with van der Waals surface area (Å²) in [7, 11) is 1.73. The first kappa shape index (κ1) is 15.6. The number of ether oxygens (including phenoxy) is 1. The van der Waals surface area contributed by atoms with E-state index in [4.69, 9.17) is 10.5 Å². The molecule has 2 N–H and O–H groups in total. The van der Waals surface area contributed by atoms with Crippen molar-refractivity contribution < 1.29 is 4.74 Å². The molecule has 2 rings (SSSR count). The van der Waals surface area contributed by atoms with Crippen LogP contribution in [0, 0.1) is 19.8 Å². The van der Waals surface area contributed by atoms with Gasteiger partial charge in [-0.3, -0.25) is 0 Å². The molecule has 0 radical (unpaired) electrons. The number of hydrogen-bond acceptors (Lipinski definition) is 2. The van der Waals surface area contributed by atoms with E-state index >= 15 is 0 Å². The van der Waals surface area contributed by atoms with E-state index in [2.05, 4.69) is 50.2 Å². The molecule has 0 saturated heterocycles. The smallest absolute Gasteiger partial charge is 0.122 e. The van der Waals surface area contributed by atoms with Crippen molar-refractivity contribution in [3.05, 3.63) is 64.7 Å². The summed E-state index contributed by atoms with van der Waals surface area (Å²) in [4.78, 5) is 0. The van der Waals surface area contributed by atoms with Crippen molar-refractivity contribution in [2.45, 2.75) is 26.7 Å². The summed E-state index contributed by atoms with van der Waals surface area (Å²) in [5.41, 5.74) is 11.2. The highest BCUT2D eigenvalue weighted by molar-refractivity contribution is 5.37. The van der Waals surface area contributed by atoms with Crippen LogP contribution in [-0.2, 0) is 12.8 Å². The Morgan fingerprint density at radius 2 is 1.71 bits per heavy atom. The van der Waals surface area contributed by atoms with E-state index in [1.54, 1.807) is 7.11 Å². The normalized spacial score (nSPS) is 12.2. The summed E-state index contributed by atoms with van der Waals surface area (Å²) in [6.07, 6.45) is 1.97. The fourth-order valence-electron chi connectivity index (χ4n) is 2.77. The lowest BCUT2D eigenvalue weighted by molar-refractivity contribution is 0.403. The van der Waals surface area contributed by atoms with Gasteiger partial charge in [0.1, 0.15) is 5.75 Å². The van der Waals surface area contributed by atoms with Crippen LogP contribution < -0.4 is 10.5 Å². The van der Waals surface area contributed by atoms with Crippen molar-refractivity contribution in [2.24, 2.45) is 11.7 Å². The average molecular weight is 283 g/mol. The minimum Gasteiger partial charge on any atom is -0.496 e. The molecule has 2 nitrogen and oxygen atoms in total. The largest absolute Gasteiger partial charge is 0.496 e. The Hall–Kier alpha value is -1.80. The summed E-state index contributed by atoms with van der Waals surface area (Å²) in [5.74, 6) is 1.39. The first-order valence-corrected chi connectivity index (χ1v) is 7.52. The molecular formula is C19H25NO. The molecule has 0 heterocycles. The maximum absolute atomic E-state index is 6.01. The Morgan fingerprint density at radius 3 is 2.38 bits per heavy atom. The highest BCUT2D eigenvalue weighted by Crippen LogP contribution is 2.24. The zero-order valence-electron chi connectivity index (χ0n) is 13.2. The molecule has 2 aromatic carbocycles. The number of methoxy groups -OCH3 is 1. The van der Waals surface area contributed by atoms with Crippen LogP contribution in [0.3, 0.4) is 0 Å². The fraction of sp³-hybridized carbons (Fsp3) is 0.368. The van der Waals surface area contributed by atoms with E-state index in [1.165, 1.54) is 22.3 Å². The van der Waals surface area contributed by atoms with Gasteiger partial charge >= 0.3 is 0 Å². The minimum atomic E-state index is 0.432. The second kappa shape index (κ2) is 7.28. The summed E-state index contributed by atoms with van der Waals surface area (Å²) in [6.45, 7) is 4.96. The third-order valence-corrected chi connectivity index (χ3v) is 4.05. The van der Waals surface area contributed by atoms with E-state index < -0.39 is 0 Å². The van der Waals surface area contributed by atoms with Gasteiger partial charge in [-0.1, -0.05) is 42.0 Å². The summed E-state index contributed by atoms with van der Waals surface area (Å²) < 4.78 is 5.48. The van der Waals surface area contributed by atoms with Gasteiger partial charge in [-0.2, -0.15) is 0 Å². The minimum absolute atomic E-state index is 0.432. The van der Waals surface area contributed by atoms with Gasteiger partial charge in [0.05, 0.1) is 7.11 Å². The molecule has 2 heteroatoms. The SMILES string of the molecule is COc1ccc(C)cc1CC(CN)Cc1ccccc1C. The molecule has 2 aromatic rings. The van der Waals surface area contributed by atoms with Gasteiger partial charge in [-0.15, -0.1) is 0 Å². The standard InChI is InChI=1S/C19H25NO/c1-14-8-9-19(21-3)18(10-14)12-16(13-20)11-17-7-5-4-6-15(17)2/h4-10,16H,11-13,20H2,1-3H3. The highest BCUT2D eigenvalue weighted by Gasteiger charge is 2.13. The third kappa shape index (κ3) is 4.08. The monoisotopic (exact) mass is 283 g/mol. The van der Waals surface area contributed by atoms with Crippen LogP contribution in [-0.4, -0.2) is 13.7 Å². The number of hydrogen-bond donors (Lipinski definition) is 1. The second-order valence-electron chi connectivity index (χ2n) is 5.75. The van der Waals surface area contributed by atoms with Gasteiger partial charge in [0.25, 0.3) is 0 Å². The number of nitrogens with two attached hydrogens (primary N) is 1. The number of aryl methyl sites for hydroxylation is 2. The Morgan fingerprint density at radius 1 is 1.00 bits per heavy atom. The summed E-state index contributed by atoms with van der Waals surface area (Å²) >= 11 is 0. The van der Waals surface area contributed by atoms with E-state index in [9.17, 15) is 0 Å². The maximum atomic E-state index is 6.01. The molecule has 112 valence electrons.